The smallest absolute Gasteiger partial charge is 0.202 e. The SMILES string of the molecule is Cn1ccnc1NCCCCCN. The number of aryl methyl sites for hydroxylation is 1. The molecular weight excluding hydrogens is 164 g/mol. The summed E-state index contributed by atoms with van der Waals surface area (Å²) in [6.07, 6.45) is 7.19. The van der Waals surface area contributed by atoms with Gasteiger partial charge in [0.05, 0.1) is 0 Å². The first-order valence-corrected chi connectivity index (χ1v) is 4.76. The molecule has 0 saturated carbocycles. The lowest BCUT2D eigenvalue weighted by Gasteiger charge is -2.04. The number of hydrogen-bond acceptors (Lipinski definition) is 3. The number of nitrogens with zero attached hydrogens (tertiary/aromatic N) is 2. The van der Waals surface area contributed by atoms with Crippen LogP contribution in [0.2, 0.25) is 0 Å². The summed E-state index contributed by atoms with van der Waals surface area (Å²) in [6.45, 7) is 1.77. The van der Waals surface area contributed by atoms with Crippen molar-refractivity contribution in [2.75, 3.05) is 18.4 Å². The highest BCUT2D eigenvalue weighted by molar-refractivity contribution is 5.24. The van der Waals surface area contributed by atoms with E-state index in [1.54, 1.807) is 6.20 Å². The Labute approximate surface area is 79.1 Å². The maximum atomic E-state index is 5.39. The number of hydrogen-bond donors (Lipinski definition) is 2. The van der Waals surface area contributed by atoms with E-state index in [4.69, 9.17) is 5.73 Å². The molecule has 13 heavy (non-hydrogen) atoms. The molecule has 0 bridgehead atoms. The number of imidazole rings is 1. The molecule has 0 aliphatic heterocycles. The van der Waals surface area contributed by atoms with Gasteiger partial charge in [-0.15, -0.1) is 0 Å². The maximum Gasteiger partial charge on any atom is 0.202 e. The van der Waals surface area contributed by atoms with Gasteiger partial charge in [-0.2, -0.15) is 0 Å². The van der Waals surface area contributed by atoms with Gasteiger partial charge >= 0.3 is 0 Å². The summed E-state index contributed by atoms with van der Waals surface area (Å²) >= 11 is 0. The quantitative estimate of drug-likeness (QED) is 0.644. The van der Waals surface area contributed by atoms with Gasteiger partial charge in [0.15, 0.2) is 0 Å². The van der Waals surface area contributed by atoms with E-state index in [-0.39, 0.29) is 0 Å². The summed E-state index contributed by atoms with van der Waals surface area (Å²) < 4.78 is 1.98. The summed E-state index contributed by atoms with van der Waals surface area (Å²) in [4.78, 5) is 4.16. The minimum atomic E-state index is 0.794. The third-order valence-electron chi connectivity index (χ3n) is 1.99. The van der Waals surface area contributed by atoms with Crippen LogP contribution < -0.4 is 11.1 Å². The van der Waals surface area contributed by atoms with Crippen molar-refractivity contribution < 1.29 is 0 Å². The molecule has 1 heterocycles. The van der Waals surface area contributed by atoms with Crippen LogP contribution in [0.15, 0.2) is 12.4 Å². The van der Waals surface area contributed by atoms with Crippen molar-refractivity contribution in [3.05, 3.63) is 12.4 Å². The average molecular weight is 182 g/mol. The average Bonchev–Trinajstić information content (AvgIpc) is 2.52. The zero-order valence-corrected chi connectivity index (χ0v) is 8.16. The first-order valence-electron chi connectivity index (χ1n) is 4.76. The van der Waals surface area contributed by atoms with Gasteiger partial charge in [0.2, 0.25) is 5.95 Å². The van der Waals surface area contributed by atoms with Crippen LogP contribution in [0.5, 0.6) is 0 Å². The summed E-state index contributed by atoms with van der Waals surface area (Å²) in [5.41, 5.74) is 5.39. The van der Waals surface area contributed by atoms with Crippen molar-refractivity contribution in [2.45, 2.75) is 19.3 Å². The molecule has 0 fully saturated rings. The van der Waals surface area contributed by atoms with Gasteiger partial charge in [0.25, 0.3) is 0 Å². The molecule has 0 aliphatic carbocycles. The molecule has 0 spiro atoms. The largest absolute Gasteiger partial charge is 0.356 e. The summed E-state index contributed by atoms with van der Waals surface area (Å²) in [6, 6.07) is 0. The molecule has 1 rings (SSSR count). The molecule has 3 N–H and O–H groups in total. The van der Waals surface area contributed by atoms with Crippen LogP contribution in [0.1, 0.15) is 19.3 Å². The molecule has 0 amide bonds. The Kier molecular flexibility index (Phi) is 4.32. The Balaban J connectivity index is 2.10. The molecule has 0 saturated heterocycles. The number of aromatic nitrogens is 2. The van der Waals surface area contributed by atoms with Crippen molar-refractivity contribution in [3.8, 4) is 0 Å². The lowest BCUT2D eigenvalue weighted by molar-refractivity contribution is 0.703. The highest BCUT2D eigenvalue weighted by Crippen LogP contribution is 2.01. The number of nitrogens with two attached hydrogens (primary N) is 1. The van der Waals surface area contributed by atoms with Crippen molar-refractivity contribution in [3.63, 3.8) is 0 Å². The Bertz CT molecular complexity index is 231. The van der Waals surface area contributed by atoms with E-state index in [0.717, 1.165) is 31.9 Å². The van der Waals surface area contributed by atoms with E-state index >= 15 is 0 Å². The fraction of sp³-hybridized carbons (Fsp3) is 0.667. The van der Waals surface area contributed by atoms with Crippen LogP contribution >= 0.6 is 0 Å². The third-order valence-corrected chi connectivity index (χ3v) is 1.99. The van der Waals surface area contributed by atoms with Crippen molar-refractivity contribution in [1.29, 1.82) is 0 Å². The molecule has 4 nitrogen and oxygen atoms in total. The molecule has 0 radical (unpaired) electrons. The van der Waals surface area contributed by atoms with Crippen molar-refractivity contribution in [2.24, 2.45) is 12.8 Å². The van der Waals surface area contributed by atoms with Gasteiger partial charge in [0.1, 0.15) is 0 Å². The second kappa shape index (κ2) is 5.59. The van der Waals surface area contributed by atoms with E-state index in [1.165, 1.54) is 6.42 Å². The molecule has 0 atom stereocenters. The Morgan fingerprint density at radius 3 is 2.92 bits per heavy atom. The zero-order chi connectivity index (χ0) is 9.52. The Morgan fingerprint density at radius 1 is 1.46 bits per heavy atom. The molecule has 4 heteroatoms. The molecule has 1 aromatic rings. The number of rotatable bonds is 6. The topological polar surface area (TPSA) is 55.9 Å². The van der Waals surface area contributed by atoms with Crippen LogP contribution in [-0.2, 0) is 7.05 Å². The van der Waals surface area contributed by atoms with Crippen molar-refractivity contribution >= 4 is 5.95 Å². The predicted octanol–water partition coefficient (Wildman–Crippen LogP) is 0.961. The summed E-state index contributed by atoms with van der Waals surface area (Å²) in [7, 11) is 1.98. The standard InChI is InChI=1S/C9H18N4/c1-13-8-7-12-9(13)11-6-4-2-3-5-10/h7-8H,2-6,10H2,1H3,(H,11,12). The monoisotopic (exact) mass is 182 g/mol. The molecular formula is C9H18N4. The van der Waals surface area contributed by atoms with E-state index in [1.807, 2.05) is 17.8 Å². The highest BCUT2D eigenvalue weighted by Gasteiger charge is 1.95. The zero-order valence-electron chi connectivity index (χ0n) is 8.16. The molecule has 1 aromatic heterocycles. The normalized spacial score (nSPS) is 10.3. The second-order valence-corrected chi connectivity index (χ2v) is 3.14. The number of unbranched alkanes of at least 4 members (excludes halogenated alkanes) is 2. The highest BCUT2D eigenvalue weighted by atomic mass is 15.2. The van der Waals surface area contributed by atoms with Gasteiger partial charge in [-0.25, -0.2) is 4.98 Å². The van der Waals surface area contributed by atoms with Crippen LogP contribution in [0.3, 0.4) is 0 Å². The molecule has 0 aliphatic rings. The minimum absolute atomic E-state index is 0.794. The van der Waals surface area contributed by atoms with E-state index in [2.05, 4.69) is 10.3 Å². The van der Waals surface area contributed by atoms with Crippen LogP contribution in [-0.4, -0.2) is 22.6 Å². The Hall–Kier alpha value is -1.03. The van der Waals surface area contributed by atoms with Gasteiger partial charge < -0.3 is 15.6 Å². The first kappa shape index (κ1) is 10.1. The fourth-order valence-electron chi connectivity index (χ4n) is 1.18. The van der Waals surface area contributed by atoms with E-state index in [0.29, 0.717) is 0 Å². The summed E-state index contributed by atoms with van der Waals surface area (Å²) in [5, 5.41) is 3.26. The van der Waals surface area contributed by atoms with Gasteiger partial charge in [-0.3, -0.25) is 0 Å². The third kappa shape index (κ3) is 3.46. The van der Waals surface area contributed by atoms with Crippen LogP contribution in [0, 0.1) is 0 Å². The molecule has 0 unspecified atom stereocenters. The van der Waals surface area contributed by atoms with Crippen LogP contribution in [0.25, 0.3) is 0 Å². The lowest BCUT2D eigenvalue weighted by atomic mass is 10.2. The molecule has 0 aromatic carbocycles. The Morgan fingerprint density at radius 2 is 2.31 bits per heavy atom. The van der Waals surface area contributed by atoms with Gasteiger partial charge in [0, 0.05) is 26.0 Å². The van der Waals surface area contributed by atoms with Crippen LogP contribution in [0.4, 0.5) is 5.95 Å². The number of anilines is 1. The van der Waals surface area contributed by atoms with Crippen molar-refractivity contribution in [1.82, 2.24) is 9.55 Å². The minimum Gasteiger partial charge on any atom is -0.356 e. The second-order valence-electron chi connectivity index (χ2n) is 3.14. The van der Waals surface area contributed by atoms with Gasteiger partial charge in [-0.05, 0) is 19.4 Å². The summed E-state index contributed by atoms with van der Waals surface area (Å²) in [5.74, 6) is 0.938. The van der Waals surface area contributed by atoms with E-state index < -0.39 is 0 Å². The first-order chi connectivity index (χ1) is 6.34. The fourth-order valence-corrected chi connectivity index (χ4v) is 1.18. The van der Waals surface area contributed by atoms with E-state index in [9.17, 15) is 0 Å². The predicted molar refractivity (Wildman–Crippen MR) is 54.6 cm³/mol. The number of nitrogens with one attached hydrogen (secondary N) is 1. The molecule has 74 valence electrons. The lowest BCUT2D eigenvalue weighted by Crippen LogP contribution is -2.07. The van der Waals surface area contributed by atoms with Gasteiger partial charge in [-0.1, -0.05) is 6.42 Å². The maximum absolute atomic E-state index is 5.39.